The van der Waals surface area contributed by atoms with E-state index >= 15 is 4.39 Å². The summed E-state index contributed by atoms with van der Waals surface area (Å²) in [5.74, 6) is 0.0470. The molecule has 2 aromatic rings. The summed E-state index contributed by atoms with van der Waals surface area (Å²) < 4.78 is 26.0. The van der Waals surface area contributed by atoms with Crippen molar-refractivity contribution in [3.05, 3.63) is 48.3 Å². The van der Waals surface area contributed by atoms with Crippen molar-refractivity contribution in [3.8, 4) is 5.75 Å². The topological polar surface area (TPSA) is 38.8 Å². The van der Waals surface area contributed by atoms with Crippen LogP contribution in [-0.2, 0) is 9.53 Å². The maximum Gasteiger partial charge on any atom is 0.344 e. The molecule has 0 fully saturated rings. The van der Waals surface area contributed by atoms with Gasteiger partial charge in [-0.3, -0.25) is 0 Å². The SMILES string of the molecule is CCCCC1(CC)CSc2cc(OCC(=O)OC(C)(C)C)c(F)cc2N(c2ccccc2)C1. The lowest BCUT2D eigenvalue weighted by atomic mass is 9.81. The summed E-state index contributed by atoms with van der Waals surface area (Å²) in [6.45, 7) is 10.4. The van der Waals surface area contributed by atoms with Crippen molar-refractivity contribution >= 4 is 29.1 Å². The summed E-state index contributed by atoms with van der Waals surface area (Å²) in [7, 11) is 0. The Kier molecular flexibility index (Phi) is 8.33. The van der Waals surface area contributed by atoms with Crippen LogP contribution >= 0.6 is 11.8 Å². The summed E-state index contributed by atoms with van der Waals surface area (Å²) in [4.78, 5) is 15.3. The Hall–Kier alpha value is -2.21. The molecular formula is C27H36FNO3S. The molecule has 180 valence electrons. The van der Waals surface area contributed by atoms with E-state index in [0.29, 0.717) is 0 Å². The fourth-order valence-electron chi connectivity index (χ4n) is 4.10. The molecule has 0 N–H and O–H groups in total. The first-order chi connectivity index (χ1) is 15.7. The highest BCUT2D eigenvalue weighted by atomic mass is 32.2. The Bertz CT molecular complexity index is 944. The maximum atomic E-state index is 15.2. The molecule has 1 atom stereocenters. The van der Waals surface area contributed by atoms with E-state index in [0.717, 1.165) is 47.8 Å². The van der Waals surface area contributed by atoms with Crippen LogP contribution in [0.4, 0.5) is 15.8 Å². The average molecular weight is 474 g/mol. The molecule has 6 heteroatoms. The number of ether oxygens (including phenoxy) is 2. The molecule has 3 rings (SSSR count). The van der Waals surface area contributed by atoms with Crippen LogP contribution in [0.15, 0.2) is 47.4 Å². The molecule has 0 aromatic heterocycles. The lowest BCUT2D eigenvalue weighted by Crippen LogP contribution is -2.36. The van der Waals surface area contributed by atoms with Gasteiger partial charge in [0.1, 0.15) is 5.60 Å². The Morgan fingerprint density at radius 3 is 2.55 bits per heavy atom. The first-order valence-corrected chi connectivity index (χ1v) is 12.8. The van der Waals surface area contributed by atoms with Gasteiger partial charge in [-0.1, -0.05) is 44.9 Å². The van der Waals surface area contributed by atoms with Gasteiger partial charge in [0.25, 0.3) is 0 Å². The molecule has 33 heavy (non-hydrogen) atoms. The summed E-state index contributed by atoms with van der Waals surface area (Å²) >= 11 is 1.75. The van der Waals surface area contributed by atoms with Gasteiger partial charge in [0, 0.05) is 28.9 Å². The Morgan fingerprint density at radius 2 is 1.91 bits per heavy atom. The van der Waals surface area contributed by atoms with Crippen LogP contribution in [0.2, 0.25) is 0 Å². The van der Waals surface area contributed by atoms with Gasteiger partial charge in [-0.05, 0) is 57.2 Å². The number of unbranched alkanes of at least 4 members (excludes halogenated alkanes) is 1. The normalized spacial score (nSPS) is 18.4. The van der Waals surface area contributed by atoms with Crippen LogP contribution in [0.3, 0.4) is 0 Å². The van der Waals surface area contributed by atoms with Gasteiger partial charge in [-0.15, -0.1) is 11.8 Å². The number of rotatable bonds is 8. The minimum Gasteiger partial charge on any atom is -0.479 e. The van der Waals surface area contributed by atoms with Gasteiger partial charge in [0.2, 0.25) is 0 Å². The third kappa shape index (κ3) is 6.66. The third-order valence-electron chi connectivity index (χ3n) is 5.98. The van der Waals surface area contributed by atoms with Crippen LogP contribution in [0, 0.1) is 11.2 Å². The summed E-state index contributed by atoms with van der Waals surface area (Å²) in [6.07, 6.45) is 4.52. The maximum absolute atomic E-state index is 15.2. The van der Waals surface area contributed by atoms with Gasteiger partial charge >= 0.3 is 5.97 Å². The van der Waals surface area contributed by atoms with Crippen LogP contribution in [0.25, 0.3) is 0 Å². The number of hydrogen-bond acceptors (Lipinski definition) is 5. The quantitative estimate of drug-likeness (QED) is 0.374. The van der Waals surface area contributed by atoms with Crippen LogP contribution < -0.4 is 9.64 Å². The number of halogens is 1. The summed E-state index contributed by atoms with van der Waals surface area (Å²) in [5.41, 5.74) is 1.42. The van der Waals surface area contributed by atoms with Gasteiger partial charge < -0.3 is 14.4 Å². The second-order valence-corrected chi connectivity index (χ2v) is 10.8. The zero-order valence-corrected chi connectivity index (χ0v) is 21.3. The highest BCUT2D eigenvalue weighted by Crippen LogP contribution is 2.48. The van der Waals surface area contributed by atoms with Crippen molar-refractivity contribution < 1.29 is 18.7 Å². The molecule has 0 spiro atoms. The monoisotopic (exact) mass is 473 g/mol. The fourth-order valence-corrected chi connectivity index (χ4v) is 5.51. The number of thioether (sulfide) groups is 1. The number of nitrogens with zero attached hydrogens (tertiary/aromatic N) is 1. The van der Waals surface area contributed by atoms with Crippen molar-refractivity contribution in [1.29, 1.82) is 0 Å². The van der Waals surface area contributed by atoms with Crippen molar-refractivity contribution in [2.45, 2.75) is 70.8 Å². The van der Waals surface area contributed by atoms with E-state index in [1.165, 1.54) is 6.42 Å². The van der Waals surface area contributed by atoms with E-state index in [1.807, 2.05) is 18.2 Å². The second kappa shape index (κ2) is 10.8. The molecule has 0 saturated heterocycles. The smallest absolute Gasteiger partial charge is 0.344 e. The van der Waals surface area contributed by atoms with Gasteiger partial charge in [0.15, 0.2) is 18.2 Å². The molecule has 1 unspecified atom stereocenters. The molecule has 1 aliphatic rings. The largest absolute Gasteiger partial charge is 0.479 e. The van der Waals surface area contributed by atoms with E-state index in [2.05, 4.69) is 30.9 Å². The number of hydrogen-bond donors (Lipinski definition) is 0. The first kappa shape index (κ1) is 25.4. The third-order valence-corrected chi connectivity index (χ3v) is 7.37. The van der Waals surface area contributed by atoms with Crippen LogP contribution in [-0.4, -0.2) is 30.5 Å². The summed E-state index contributed by atoms with van der Waals surface area (Å²) in [6, 6.07) is 13.5. The molecule has 1 aliphatic heterocycles. The van der Waals surface area contributed by atoms with E-state index in [4.69, 9.17) is 9.47 Å². The van der Waals surface area contributed by atoms with Crippen LogP contribution in [0.1, 0.15) is 60.3 Å². The molecule has 0 bridgehead atoms. The number of para-hydroxylation sites is 1. The zero-order chi connectivity index (χ0) is 24.1. The Morgan fingerprint density at radius 1 is 1.18 bits per heavy atom. The molecule has 0 radical (unpaired) electrons. The molecule has 1 heterocycles. The lowest BCUT2D eigenvalue weighted by Gasteiger charge is -2.36. The second-order valence-electron chi connectivity index (χ2n) is 9.79. The van der Waals surface area contributed by atoms with E-state index in [9.17, 15) is 4.79 Å². The molecule has 2 aromatic carbocycles. The van der Waals surface area contributed by atoms with E-state index in [1.54, 1.807) is 44.7 Å². The highest BCUT2D eigenvalue weighted by molar-refractivity contribution is 7.99. The number of fused-ring (bicyclic) bond motifs is 1. The minimum atomic E-state index is -0.610. The lowest BCUT2D eigenvalue weighted by molar-refractivity contribution is -0.157. The number of benzene rings is 2. The van der Waals surface area contributed by atoms with Crippen molar-refractivity contribution in [1.82, 2.24) is 0 Å². The minimum absolute atomic E-state index is 0.0812. The fraction of sp³-hybridized carbons (Fsp3) is 0.519. The number of esters is 1. The summed E-state index contributed by atoms with van der Waals surface area (Å²) in [5, 5.41) is 0. The standard InChI is InChI=1S/C27H36FNO3S/c1-6-8-14-27(7-2)18-29(20-12-10-9-11-13-20)22-15-21(28)23(16-24(22)33-19-27)31-17-25(30)32-26(3,4)5/h9-13,15-16H,6-8,14,17-19H2,1-5H3. The number of anilines is 2. The Labute approximate surface area is 201 Å². The van der Waals surface area contributed by atoms with E-state index in [-0.39, 0.29) is 17.8 Å². The molecule has 0 aliphatic carbocycles. The highest BCUT2D eigenvalue weighted by Gasteiger charge is 2.35. The van der Waals surface area contributed by atoms with Gasteiger partial charge in [0.05, 0.1) is 5.69 Å². The average Bonchev–Trinajstić information content (AvgIpc) is 2.93. The molecule has 4 nitrogen and oxygen atoms in total. The van der Waals surface area contributed by atoms with Gasteiger partial charge in [-0.2, -0.15) is 0 Å². The van der Waals surface area contributed by atoms with Crippen molar-refractivity contribution in [3.63, 3.8) is 0 Å². The zero-order valence-electron chi connectivity index (χ0n) is 20.4. The first-order valence-electron chi connectivity index (χ1n) is 11.8. The number of carbonyl (C=O) groups excluding carboxylic acids is 1. The van der Waals surface area contributed by atoms with Gasteiger partial charge in [-0.25, -0.2) is 9.18 Å². The Balaban J connectivity index is 1.93. The molecule has 0 amide bonds. The van der Waals surface area contributed by atoms with E-state index < -0.39 is 17.4 Å². The molecular weight excluding hydrogens is 437 g/mol. The van der Waals surface area contributed by atoms with Crippen molar-refractivity contribution in [2.75, 3.05) is 23.8 Å². The van der Waals surface area contributed by atoms with Crippen LogP contribution in [0.5, 0.6) is 5.75 Å². The predicted octanol–water partition coefficient (Wildman–Crippen LogP) is 7.38. The predicted molar refractivity (Wildman–Crippen MR) is 134 cm³/mol. The molecule has 0 saturated carbocycles. The number of carbonyl (C=O) groups is 1. The van der Waals surface area contributed by atoms with Crippen molar-refractivity contribution in [2.24, 2.45) is 5.41 Å².